The lowest BCUT2D eigenvalue weighted by molar-refractivity contribution is -0.138. The van der Waals surface area contributed by atoms with Crippen molar-refractivity contribution in [1.82, 2.24) is 10.3 Å². The number of anilines is 2. The minimum atomic E-state index is -0.872. The Bertz CT molecular complexity index is 1760. The maximum absolute atomic E-state index is 13.6. The van der Waals surface area contributed by atoms with E-state index in [0.717, 1.165) is 54.9 Å². The first-order valence-corrected chi connectivity index (χ1v) is 18.0. The average molecular weight is 681 g/mol. The molecule has 0 aliphatic heterocycles. The SMILES string of the molecule is CCN(CC)c1ccc(NC(=O)c2cccc(CSCCOCCC(=O)O)c2)c(-c2cc(C(=O)NC3CCCc4ccccc43)ccn2)c1. The molecular formula is C39H44N4O5S. The molecule has 4 aromatic rings. The van der Waals surface area contributed by atoms with Gasteiger partial charge in [0.05, 0.1) is 37.1 Å². The Morgan fingerprint density at radius 3 is 2.57 bits per heavy atom. The lowest BCUT2D eigenvalue weighted by Crippen LogP contribution is -2.31. The number of hydrogen-bond donors (Lipinski definition) is 3. The highest BCUT2D eigenvalue weighted by molar-refractivity contribution is 7.98. The van der Waals surface area contributed by atoms with Crippen molar-refractivity contribution in [2.45, 2.75) is 51.3 Å². The number of aliphatic carboxylic acids is 1. The van der Waals surface area contributed by atoms with Crippen molar-refractivity contribution >= 4 is 40.9 Å². The van der Waals surface area contributed by atoms with Crippen LogP contribution in [0.15, 0.2) is 85.1 Å². The number of nitrogens with zero attached hydrogens (tertiary/aromatic N) is 2. The predicted molar refractivity (Wildman–Crippen MR) is 196 cm³/mol. The van der Waals surface area contributed by atoms with Gasteiger partial charge in [0.1, 0.15) is 0 Å². The number of benzene rings is 3. The topological polar surface area (TPSA) is 121 Å². The average Bonchev–Trinajstić information content (AvgIpc) is 3.12. The van der Waals surface area contributed by atoms with Crippen LogP contribution in [0.1, 0.15) is 76.6 Å². The molecule has 1 aromatic heterocycles. The number of carboxylic acid groups (broad SMARTS) is 1. The fourth-order valence-electron chi connectivity index (χ4n) is 6.07. The fourth-order valence-corrected chi connectivity index (χ4v) is 6.86. The van der Waals surface area contributed by atoms with Gasteiger partial charge in [0.15, 0.2) is 0 Å². The zero-order chi connectivity index (χ0) is 34.6. The highest BCUT2D eigenvalue weighted by Gasteiger charge is 2.23. The first-order chi connectivity index (χ1) is 23.9. The van der Waals surface area contributed by atoms with Gasteiger partial charge in [0.2, 0.25) is 0 Å². The number of thioether (sulfide) groups is 1. The van der Waals surface area contributed by atoms with Gasteiger partial charge in [-0.2, -0.15) is 11.8 Å². The molecule has 0 spiro atoms. The molecule has 2 amide bonds. The Kier molecular flexibility index (Phi) is 12.8. The minimum Gasteiger partial charge on any atom is -0.481 e. The molecule has 0 saturated heterocycles. The van der Waals surface area contributed by atoms with Gasteiger partial charge < -0.3 is 25.4 Å². The summed E-state index contributed by atoms with van der Waals surface area (Å²) in [6.45, 7) is 6.51. The summed E-state index contributed by atoms with van der Waals surface area (Å²) < 4.78 is 5.37. The second-order valence-electron chi connectivity index (χ2n) is 11.9. The van der Waals surface area contributed by atoms with Gasteiger partial charge in [-0.3, -0.25) is 19.4 Å². The van der Waals surface area contributed by atoms with E-state index >= 15 is 0 Å². The lowest BCUT2D eigenvalue weighted by Gasteiger charge is -2.26. The van der Waals surface area contributed by atoms with Crippen LogP contribution in [-0.4, -0.2) is 59.9 Å². The summed E-state index contributed by atoms with van der Waals surface area (Å²) in [7, 11) is 0. The Labute approximate surface area is 292 Å². The van der Waals surface area contributed by atoms with Crippen LogP contribution in [0.4, 0.5) is 11.4 Å². The largest absolute Gasteiger partial charge is 0.481 e. The number of carbonyl (C=O) groups is 3. The van der Waals surface area contributed by atoms with Crippen LogP contribution in [0.5, 0.6) is 0 Å². The molecule has 0 saturated carbocycles. The Balaban J connectivity index is 1.33. The van der Waals surface area contributed by atoms with E-state index in [4.69, 9.17) is 9.84 Å². The van der Waals surface area contributed by atoms with Crippen molar-refractivity contribution in [1.29, 1.82) is 0 Å². The predicted octanol–water partition coefficient (Wildman–Crippen LogP) is 7.38. The minimum absolute atomic E-state index is 0.00553. The van der Waals surface area contributed by atoms with Gasteiger partial charge in [-0.15, -0.1) is 0 Å². The molecule has 1 aliphatic rings. The Hall–Kier alpha value is -4.67. The van der Waals surface area contributed by atoms with Gasteiger partial charge in [-0.1, -0.05) is 36.4 Å². The molecule has 0 bridgehead atoms. The number of ether oxygens (including phenoxy) is 1. The van der Waals surface area contributed by atoms with Gasteiger partial charge in [0, 0.05) is 53.2 Å². The molecule has 9 nitrogen and oxygen atoms in total. The van der Waals surface area contributed by atoms with Crippen LogP contribution in [0, 0.1) is 0 Å². The molecule has 1 atom stereocenters. The smallest absolute Gasteiger partial charge is 0.305 e. The molecule has 10 heteroatoms. The van der Waals surface area contributed by atoms with Crippen molar-refractivity contribution in [3.05, 3.63) is 113 Å². The summed E-state index contributed by atoms with van der Waals surface area (Å²) in [4.78, 5) is 44.7. The van der Waals surface area contributed by atoms with E-state index < -0.39 is 5.97 Å². The number of carboxylic acids is 1. The van der Waals surface area contributed by atoms with E-state index in [1.165, 1.54) is 11.1 Å². The normalized spacial score (nSPS) is 13.7. The van der Waals surface area contributed by atoms with Crippen molar-refractivity contribution < 1.29 is 24.2 Å². The number of aryl methyl sites for hydroxylation is 1. The van der Waals surface area contributed by atoms with Crippen LogP contribution in [0.3, 0.4) is 0 Å². The standard InChI is InChI=1S/C39H44N4O5S/c1-3-43(4-2)31-15-16-35(42-38(46)29-12-7-9-27(23-29)26-49-22-21-48-20-18-37(44)45)33(25-31)36-24-30(17-19-40-36)39(47)41-34-14-8-11-28-10-5-6-13-32(28)34/h5-7,9-10,12-13,15-17,19,23-25,34H,3-4,8,11,14,18,20-22,26H2,1-2H3,(H,41,47)(H,42,46)(H,44,45). The number of carbonyl (C=O) groups excluding carboxylic acids is 2. The van der Waals surface area contributed by atoms with Crippen molar-refractivity contribution in [3.63, 3.8) is 0 Å². The third-order valence-corrected chi connectivity index (χ3v) is 9.64. The quantitative estimate of drug-likeness (QED) is 0.105. The van der Waals surface area contributed by atoms with Gasteiger partial charge in [0.25, 0.3) is 11.8 Å². The van der Waals surface area contributed by atoms with E-state index in [0.29, 0.717) is 34.9 Å². The number of nitrogens with one attached hydrogen (secondary N) is 2. The van der Waals surface area contributed by atoms with Gasteiger partial charge in [-0.05, 0) is 92.3 Å². The first-order valence-electron chi connectivity index (χ1n) is 16.9. The Morgan fingerprint density at radius 2 is 1.76 bits per heavy atom. The highest BCUT2D eigenvalue weighted by Crippen LogP contribution is 2.33. The molecule has 0 fully saturated rings. The van der Waals surface area contributed by atoms with E-state index in [2.05, 4.69) is 46.5 Å². The van der Waals surface area contributed by atoms with E-state index in [1.54, 1.807) is 36.2 Å². The van der Waals surface area contributed by atoms with Crippen LogP contribution < -0.4 is 15.5 Å². The second kappa shape index (κ2) is 17.6. The molecular weight excluding hydrogens is 637 g/mol. The zero-order valence-corrected chi connectivity index (χ0v) is 28.9. The second-order valence-corrected chi connectivity index (χ2v) is 13.0. The molecule has 3 aromatic carbocycles. The number of pyridine rings is 1. The third kappa shape index (κ3) is 9.70. The van der Waals surface area contributed by atoms with Crippen LogP contribution >= 0.6 is 11.8 Å². The highest BCUT2D eigenvalue weighted by atomic mass is 32.2. The monoisotopic (exact) mass is 680 g/mol. The molecule has 49 heavy (non-hydrogen) atoms. The summed E-state index contributed by atoms with van der Waals surface area (Å²) in [6.07, 6.45) is 4.58. The maximum Gasteiger partial charge on any atom is 0.305 e. The van der Waals surface area contributed by atoms with Crippen molar-refractivity contribution in [2.75, 3.05) is 42.3 Å². The van der Waals surface area contributed by atoms with E-state index in [-0.39, 0.29) is 30.9 Å². The lowest BCUT2D eigenvalue weighted by atomic mass is 9.87. The molecule has 3 N–H and O–H groups in total. The summed E-state index contributed by atoms with van der Waals surface area (Å²) in [5.41, 5.74) is 7.43. The number of amides is 2. The molecule has 1 aliphatic carbocycles. The third-order valence-electron chi connectivity index (χ3n) is 8.64. The molecule has 1 unspecified atom stereocenters. The van der Waals surface area contributed by atoms with E-state index in [9.17, 15) is 14.4 Å². The zero-order valence-electron chi connectivity index (χ0n) is 28.1. The number of rotatable bonds is 16. The summed E-state index contributed by atoms with van der Waals surface area (Å²) >= 11 is 1.66. The number of fused-ring (bicyclic) bond motifs is 1. The molecule has 256 valence electrons. The van der Waals surface area contributed by atoms with Crippen LogP contribution in [0.2, 0.25) is 0 Å². The van der Waals surface area contributed by atoms with Crippen molar-refractivity contribution in [2.24, 2.45) is 0 Å². The summed E-state index contributed by atoms with van der Waals surface area (Å²) in [5.74, 6) is 0.140. The van der Waals surface area contributed by atoms with Gasteiger partial charge in [-0.25, -0.2) is 0 Å². The van der Waals surface area contributed by atoms with Crippen molar-refractivity contribution in [3.8, 4) is 11.3 Å². The van der Waals surface area contributed by atoms with Crippen LogP contribution in [0.25, 0.3) is 11.3 Å². The van der Waals surface area contributed by atoms with Gasteiger partial charge >= 0.3 is 5.97 Å². The van der Waals surface area contributed by atoms with E-state index in [1.807, 2.05) is 48.5 Å². The first kappa shape index (κ1) is 35.6. The molecule has 5 rings (SSSR count). The molecule has 0 radical (unpaired) electrons. The summed E-state index contributed by atoms with van der Waals surface area (Å²) in [5, 5.41) is 15.1. The Morgan fingerprint density at radius 1 is 0.939 bits per heavy atom. The fraction of sp³-hybridized carbons (Fsp3) is 0.333. The number of aromatic nitrogens is 1. The number of hydrogen-bond acceptors (Lipinski definition) is 7. The van der Waals surface area contributed by atoms with Crippen LogP contribution in [-0.2, 0) is 21.7 Å². The summed E-state index contributed by atoms with van der Waals surface area (Å²) in [6, 6.07) is 25.2. The maximum atomic E-state index is 13.6. The molecule has 1 heterocycles.